The maximum Gasteiger partial charge on any atom is 0.314 e. The lowest BCUT2D eigenvalue weighted by molar-refractivity contribution is -0.161. The Morgan fingerprint density at radius 2 is 2.31 bits per heavy atom. The predicted molar refractivity (Wildman–Crippen MR) is 43.0 cm³/mol. The van der Waals surface area contributed by atoms with Crippen LogP contribution in [-0.2, 0) is 14.3 Å². The largest absolute Gasteiger partial charge is 0.465 e. The molecular formula is C9H13FO3. The number of alkyl halides is 1. The SMILES string of the molecule is CCOC(=O)C12COC(CF)(C1)C2. The molecule has 1 aliphatic carbocycles. The van der Waals surface area contributed by atoms with Gasteiger partial charge in [0.25, 0.3) is 0 Å². The Balaban J connectivity index is 2.01. The summed E-state index contributed by atoms with van der Waals surface area (Å²) in [6.07, 6.45) is 0.991. The minimum absolute atomic E-state index is 0.225. The highest BCUT2D eigenvalue weighted by molar-refractivity contribution is 5.79. The fraction of sp³-hybridized carbons (Fsp3) is 0.889. The van der Waals surface area contributed by atoms with Gasteiger partial charge in [-0.3, -0.25) is 4.79 Å². The summed E-state index contributed by atoms with van der Waals surface area (Å²) < 4.78 is 22.6. The van der Waals surface area contributed by atoms with Crippen LogP contribution >= 0.6 is 0 Å². The normalized spacial score (nSPS) is 41.4. The van der Waals surface area contributed by atoms with E-state index in [2.05, 4.69) is 0 Å². The van der Waals surface area contributed by atoms with Crippen LogP contribution < -0.4 is 0 Å². The van der Waals surface area contributed by atoms with Crippen molar-refractivity contribution >= 4 is 5.97 Å². The van der Waals surface area contributed by atoms with Gasteiger partial charge in [0.15, 0.2) is 0 Å². The fourth-order valence-corrected chi connectivity index (χ4v) is 2.30. The van der Waals surface area contributed by atoms with Crippen molar-refractivity contribution in [3.05, 3.63) is 0 Å². The molecule has 4 heteroatoms. The average Bonchev–Trinajstić information content (AvgIpc) is 2.59. The van der Waals surface area contributed by atoms with Crippen LogP contribution in [0, 0.1) is 5.41 Å². The van der Waals surface area contributed by atoms with Crippen LogP contribution in [0.25, 0.3) is 0 Å². The molecule has 0 aromatic carbocycles. The van der Waals surface area contributed by atoms with E-state index in [1.54, 1.807) is 6.92 Å². The molecule has 3 rings (SSSR count). The molecule has 3 nitrogen and oxygen atoms in total. The van der Waals surface area contributed by atoms with Crippen LogP contribution in [0.3, 0.4) is 0 Å². The smallest absolute Gasteiger partial charge is 0.314 e. The Morgan fingerprint density at radius 3 is 2.77 bits per heavy atom. The van der Waals surface area contributed by atoms with Gasteiger partial charge >= 0.3 is 5.97 Å². The summed E-state index contributed by atoms with van der Waals surface area (Å²) in [5, 5.41) is 0. The van der Waals surface area contributed by atoms with Gasteiger partial charge < -0.3 is 9.47 Å². The molecule has 0 amide bonds. The van der Waals surface area contributed by atoms with E-state index in [0.29, 0.717) is 26.1 Å². The molecule has 74 valence electrons. The van der Waals surface area contributed by atoms with E-state index in [4.69, 9.17) is 9.47 Å². The average molecular weight is 188 g/mol. The van der Waals surface area contributed by atoms with Crippen molar-refractivity contribution in [2.45, 2.75) is 25.4 Å². The second-order valence-corrected chi connectivity index (χ2v) is 3.96. The van der Waals surface area contributed by atoms with Gasteiger partial charge in [0, 0.05) is 0 Å². The molecule has 2 saturated heterocycles. The van der Waals surface area contributed by atoms with Crippen LogP contribution in [0.15, 0.2) is 0 Å². The van der Waals surface area contributed by atoms with Crippen molar-refractivity contribution < 1.29 is 18.7 Å². The van der Waals surface area contributed by atoms with Crippen molar-refractivity contribution in [1.29, 1.82) is 0 Å². The summed E-state index contributed by atoms with van der Waals surface area (Å²) in [5.74, 6) is -0.225. The number of hydrogen-bond acceptors (Lipinski definition) is 3. The molecule has 2 heterocycles. The van der Waals surface area contributed by atoms with E-state index < -0.39 is 17.7 Å². The third-order valence-electron chi connectivity index (χ3n) is 2.93. The second kappa shape index (κ2) is 2.67. The highest BCUT2D eigenvalue weighted by Crippen LogP contribution is 2.58. The van der Waals surface area contributed by atoms with E-state index in [9.17, 15) is 9.18 Å². The molecule has 0 unspecified atom stereocenters. The van der Waals surface area contributed by atoms with Gasteiger partial charge in [-0.1, -0.05) is 0 Å². The van der Waals surface area contributed by atoms with Crippen LogP contribution in [-0.4, -0.2) is 31.5 Å². The van der Waals surface area contributed by atoms with Crippen molar-refractivity contribution in [2.75, 3.05) is 19.9 Å². The lowest BCUT2D eigenvalue weighted by Crippen LogP contribution is -2.50. The Labute approximate surface area is 76.2 Å². The summed E-state index contributed by atoms with van der Waals surface area (Å²) in [5.41, 5.74) is -1.16. The molecule has 2 bridgehead atoms. The topological polar surface area (TPSA) is 35.5 Å². The van der Waals surface area contributed by atoms with Crippen LogP contribution in [0.5, 0.6) is 0 Å². The first kappa shape index (κ1) is 8.94. The second-order valence-electron chi connectivity index (χ2n) is 3.96. The maximum absolute atomic E-state index is 12.5. The lowest BCUT2D eigenvalue weighted by atomic mass is 9.63. The van der Waals surface area contributed by atoms with Gasteiger partial charge in [-0.2, -0.15) is 0 Å². The van der Waals surface area contributed by atoms with Gasteiger partial charge in [0.2, 0.25) is 0 Å². The zero-order valence-corrected chi connectivity index (χ0v) is 7.64. The van der Waals surface area contributed by atoms with Gasteiger partial charge in [-0.05, 0) is 19.8 Å². The third kappa shape index (κ3) is 1.08. The fourth-order valence-electron chi connectivity index (χ4n) is 2.30. The number of fused-ring (bicyclic) bond motifs is 1. The lowest BCUT2D eigenvalue weighted by Gasteiger charge is -2.40. The van der Waals surface area contributed by atoms with Crippen molar-refractivity contribution in [1.82, 2.24) is 0 Å². The first-order chi connectivity index (χ1) is 6.16. The van der Waals surface area contributed by atoms with E-state index in [1.807, 2.05) is 0 Å². The Kier molecular flexibility index (Phi) is 1.84. The predicted octanol–water partition coefficient (Wildman–Crippen LogP) is 1.07. The van der Waals surface area contributed by atoms with Gasteiger partial charge in [0.1, 0.15) is 6.67 Å². The highest BCUT2D eigenvalue weighted by Gasteiger charge is 2.67. The zero-order chi connectivity index (χ0) is 9.53. The molecular weight excluding hydrogens is 175 g/mol. The number of rotatable bonds is 3. The number of hydrogen-bond donors (Lipinski definition) is 0. The number of carbonyl (C=O) groups is 1. The molecule has 3 fully saturated rings. The van der Waals surface area contributed by atoms with Crippen LogP contribution in [0.1, 0.15) is 19.8 Å². The van der Waals surface area contributed by atoms with Gasteiger partial charge in [0.05, 0.1) is 24.2 Å². The molecule has 0 aromatic rings. The molecule has 0 N–H and O–H groups in total. The Morgan fingerprint density at radius 1 is 1.62 bits per heavy atom. The molecule has 0 spiro atoms. The number of esters is 1. The third-order valence-corrected chi connectivity index (χ3v) is 2.93. The quantitative estimate of drug-likeness (QED) is 0.621. The number of halogens is 1. The summed E-state index contributed by atoms with van der Waals surface area (Å²) in [6, 6.07) is 0. The Hall–Kier alpha value is -0.640. The summed E-state index contributed by atoms with van der Waals surface area (Å²) in [7, 11) is 0. The molecule has 2 aliphatic heterocycles. The van der Waals surface area contributed by atoms with E-state index >= 15 is 0 Å². The zero-order valence-electron chi connectivity index (χ0n) is 7.64. The molecule has 3 aliphatic rings. The van der Waals surface area contributed by atoms with Gasteiger partial charge in [-0.15, -0.1) is 0 Å². The number of carbonyl (C=O) groups excluding carboxylic acids is 1. The standard InChI is InChI=1S/C9H13FO3/c1-2-12-7(11)8-3-9(4-8,5-10)13-6-8/h2-6H2,1H3. The summed E-state index contributed by atoms with van der Waals surface area (Å²) in [4.78, 5) is 11.4. The van der Waals surface area contributed by atoms with E-state index in [0.717, 1.165) is 0 Å². The minimum Gasteiger partial charge on any atom is -0.465 e. The minimum atomic E-state index is -0.646. The molecule has 0 radical (unpaired) electrons. The van der Waals surface area contributed by atoms with Crippen LogP contribution in [0.2, 0.25) is 0 Å². The Bertz CT molecular complexity index is 233. The molecule has 0 atom stereocenters. The van der Waals surface area contributed by atoms with Crippen molar-refractivity contribution in [2.24, 2.45) is 5.41 Å². The number of ether oxygens (including phenoxy) is 2. The first-order valence-corrected chi connectivity index (χ1v) is 4.54. The van der Waals surface area contributed by atoms with Gasteiger partial charge in [-0.25, -0.2) is 4.39 Å². The van der Waals surface area contributed by atoms with E-state index in [-0.39, 0.29) is 5.97 Å². The van der Waals surface area contributed by atoms with Crippen LogP contribution in [0.4, 0.5) is 4.39 Å². The van der Waals surface area contributed by atoms with Crippen molar-refractivity contribution in [3.63, 3.8) is 0 Å². The highest BCUT2D eigenvalue weighted by atomic mass is 19.1. The monoisotopic (exact) mass is 188 g/mol. The molecule has 0 aromatic heterocycles. The van der Waals surface area contributed by atoms with Crippen molar-refractivity contribution in [3.8, 4) is 0 Å². The molecule has 1 saturated carbocycles. The maximum atomic E-state index is 12.5. The first-order valence-electron chi connectivity index (χ1n) is 4.54. The summed E-state index contributed by atoms with van der Waals surface area (Å²) >= 11 is 0. The molecule has 13 heavy (non-hydrogen) atoms. The van der Waals surface area contributed by atoms with E-state index in [1.165, 1.54) is 0 Å². The summed E-state index contributed by atoms with van der Waals surface area (Å²) in [6.45, 7) is 1.98.